The van der Waals surface area contributed by atoms with Gasteiger partial charge in [-0.05, 0) is 38.2 Å². The van der Waals surface area contributed by atoms with Gasteiger partial charge in [0, 0.05) is 12.6 Å². The van der Waals surface area contributed by atoms with E-state index in [9.17, 15) is 0 Å². The topological polar surface area (TPSA) is 21.3 Å². The van der Waals surface area contributed by atoms with Gasteiger partial charge in [0.25, 0.3) is 0 Å². The molecule has 3 heteroatoms. The zero-order valence-corrected chi connectivity index (χ0v) is 9.32. The molecule has 76 valence electrons. The van der Waals surface area contributed by atoms with E-state index < -0.39 is 0 Å². The highest BCUT2D eigenvalue weighted by atomic mass is 32.2. The van der Waals surface area contributed by atoms with Gasteiger partial charge < -0.3 is 10.1 Å². The van der Waals surface area contributed by atoms with Crippen molar-refractivity contribution in [2.75, 3.05) is 18.1 Å². The molecule has 2 atom stereocenters. The summed E-state index contributed by atoms with van der Waals surface area (Å²) >= 11 is 2.06. The van der Waals surface area contributed by atoms with Crippen molar-refractivity contribution in [2.45, 2.75) is 44.4 Å². The maximum absolute atomic E-state index is 6.15. The summed E-state index contributed by atoms with van der Waals surface area (Å²) in [6.45, 7) is 5.44. The highest BCUT2D eigenvalue weighted by Crippen LogP contribution is 2.33. The summed E-state index contributed by atoms with van der Waals surface area (Å²) in [6, 6.07) is 0.514. The van der Waals surface area contributed by atoms with E-state index in [0.717, 1.165) is 6.54 Å². The summed E-state index contributed by atoms with van der Waals surface area (Å²) < 4.78 is 6.15. The number of hydrogen-bond donors (Lipinski definition) is 1. The van der Waals surface area contributed by atoms with Crippen molar-refractivity contribution in [3.8, 4) is 0 Å². The lowest BCUT2D eigenvalue weighted by Crippen LogP contribution is -2.58. The first kappa shape index (κ1) is 9.81. The Kier molecular flexibility index (Phi) is 2.86. The highest BCUT2D eigenvalue weighted by Gasteiger charge is 2.39. The van der Waals surface area contributed by atoms with Gasteiger partial charge in [-0.1, -0.05) is 0 Å². The maximum atomic E-state index is 6.15. The van der Waals surface area contributed by atoms with E-state index in [-0.39, 0.29) is 5.60 Å². The van der Waals surface area contributed by atoms with Crippen LogP contribution in [0.2, 0.25) is 0 Å². The van der Waals surface area contributed by atoms with Gasteiger partial charge in [0.2, 0.25) is 0 Å². The van der Waals surface area contributed by atoms with E-state index in [0.29, 0.717) is 12.1 Å². The number of ether oxygens (including phenoxy) is 1. The predicted molar refractivity (Wildman–Crippen MR) is 57.3 cm³/mol. The third-order valence-corrected chi connectivity index (χ3v) is 4.28. The maximum Gasteiger partial charge on any atom is 0.0826 e. The minimum absolute atomic E-state index is 0.178. The number of nitrogens with one attached hydrogen (secondary N) is 1. The molecular weight excluding hydrogens is 182 g/mol. The van der Waals surface area contributed by atoms with E-state index in [1.54, 1.807) is 0 Å². The molecule has 2 fully saturated rings. The number of rotatable bonds is 0. The summed E-state index contributed by atoms with van der Waals surface area (Å²) in [4.78, 5) is 0. The second-order valence-corrected chi connectivity index (χ2v) is 5.51. The van der Waals surface area contributed by atoms with Gasteiger partial charge in [0.1, 0.15) is 0 Å². The van der Waals surface area contributed by atoms with Crippen molar-refractivity contribution in [1.29, 1.82) is 0 Å². The Morgan fingerprint density at radius 2 is 2.00 bits per heavy atom. The number of thioether (sulfide) groups is 1. The van der Waals surface area contributed by atoms with Crippen LogP contribution in [0, 0.1) is 0 Å². The Labute approximate surface area is 84.8 Å². The molecule has 0 bridgehead atoms. The van der Waals surface area contributed by atoms with Gasteiger partial charge in [-0.15, -0.1) is 0 Å². The van der Waals surface area contributed by atoms with Crippen molar-refractivity contribution >= 4 is 11.8 Å². The Balaban J connectivity index is 1.99. The van der Waals surface area contributed by atoms with E-state index in [4.69, 9.17) is 4.74 Å². The van der Waals surface area contributed by atoms with E-state index >= 15 is 0 Å². The third kappa shape index (κ3) is 2.03. The van der Waals surface area contributed by atoms with E-state index in [1.807, 2.05) is 0 Å². The second kappa shape index (κ2) is 3.79. The fourth-order valence-corrected chi connectivity index (χ4v) is 3.33. The van der Waals surface area contributed by atoms with Crippen LogP contribution in [-0.2, 0) is 4.74 Å². The van der Waals surface area contributed by atoms with Gasteiger partial charge in [-0.25, -0.2) is 0 Å². The van der Waals surface area contributed by atoms with Crippen LogP contribution in [0.15, 0.2) is 0 Å². The monoisotopic (exact) mass is 201 g/mol. The summed E-state index contributed by atoms with van der Waals surface area (Å²) in [5.74, 6) is 2.53. The molecule has 0 saturated carbocycles. The molecule has 1 spiro atoms. The van der Waals surface area contributed by atoms with Gasteiger partial charge >= 0.3 is 0 Å². The van der Waals surface area contributed by atoms with Crippen LogP contribution in [0.25, 0.3) is 0 Å². The Bertz CT molecular complexity index is 180. The summed E-state index contributed by atoms with van der Waals surface area (Å²) in [5.41, 5.74) is 0.178. The Morgan fingerprint density at radius 3 is 2.62 bits per heavy atom. The average molecular weight is 201 g/mol. The van der Waals surface area contributed by atoms with Crippen LogP contribution in [0.3, 0.4) is 0 Å². The summed E-state index contributed by atoms with van der Waals surface area (Å²) in [6.07, 6.45) is 2.82. The van der Waals surface area contributed by atoms with Crippen molar-refractivity contribution in [1.82, 2.24) is 5.32 Å². The first-order valence-electron chi connectivity index (χ1n) is 5.21. The molecule has 2 unspecified atom stereocenters. The fraction of sp³-hybridized carbons (Fsp3) is 1.00. The molecule has 0 aromatic carbocycles. The van der Waals surface area contributed by atoms with Gasteiger partial charge in [0.15, 0.2) is 0 Å². The molecule has 2 rings (SSSR count). The number of hydrogen-bond acceptors (Lipinski definition) is 3. The standard InChI is InChI=1S/C10H19NOS/c1-8-9(2)12-10(7-11-8)3-5-13-6-4-10/h8-9,11H,3-7H2,1-2H3. The molecule has 2 aliphatic rings. The molecule has 0 amide bonds. The molecular formula is C10H19NOS. The van der Waals surface area contributed by atoms with E-state index in [2.05, 4.69) is 30.9 Å². The van der Waals surface area contributed by atoms with Crippen LogP contribution < -0.4 is 5.32 Å². The summed E-state index contributed by atoms with van der Waals surface area (Å²) in [5, 5.41) is 3.56. The van der Waals surface area contributed by atoms with Crippen LogP contribution in [-0.4, -0.2) is 35.8 Å². The van der Waals surface area contributed by atoms with Crippen LogP contribution in [0.5, 0.6) is 0 Å². The second-order valence-electron chi connectivity index (χ2n) is 4.29. The molecule has 0 radical (unpaired) electrons. The molecule has 2 heterocycles. The smallest absolute Gasteiger partial charge is 0.0826 e. The lowest BCUT2D eigenvalue weighted by Gasteiger charge is -2.45. The van der Waals surface area contributed by atoms with Crippen molar-refractivity contribution in [2.24, 2.45) is 0 Å². The number of morpholine rings is 1. The minimum atomic E-state index is 0.178. The van der Waals surface area contributed by atoms with Crippen LogP contribution in [0.4, 0.5) is 0 Å². The average Bonchev–Trinajstić information content (AvgIpc) is 2.14. The van der Waals surface area contributed by atoms with Gasteiger partial charge in [-0.2, -0.15) is 11.8 Å². The lowest BCUT2D eigenvalue weighted by molar-refractivity contribution is -0.129. The molecule has 1 N–H and O–H groups in total. The lowest BCUT2D eigenvalue weighted by atomic mass is 9.93. The summed E-state index contributed by atoms with van der Waals surface area (Å²) in [7, 11) is 0. The normalized spacial score (nSPS) is 39.2. The SMILES string of the molecule is CC1NCC2(CCSCC2)OC1C. The zero-order valence-electron chi connectivity index (χ0n) is 8.51. The largest absolute Gasteiger partial charge is 0.369 e. The van der Waals surface area contributed by atoms with E-state index in [1.165, 1.54) is 24.3 Å². The van der Waals surface area contributed by atoms with Gasteiger partial charge in [-0.3, -0.25) is 0 Å². The van der Waals surface area contributed by atoms with Crippen LogP contribution >= 0.6 is 11.8 Å². The van der Waals surface area contributed by atoms with Crippen molar-refractivity contribution < 1.29 is 4.74 Å². The van der Waals surface area contributed by atoms with Crippen molar-refractivity contribution in [3.05, 3.63) is 0 Å². The molecule has 2 aliphatic heterocycles. The molecule has 0 aliphatic carbocycles. The first-order chi connectivity index (χ1) is 6.22. The molecule has 0 aromatic heterocycles. The highest BCUT2D eigenvalue weighted by molar-refractivity contribution is 7.99. The minimum Gasteiger partial charge on any atom is -0.369 e. The zero-order chi connectivity index (χ0) is 9.31. The molecule has 13 heavy (non-hydrogen) atoms. The molecule has 2 nitrogen and oxygen atoms in total. The molecule has 2 saturated heterocycles. The fourth-order valence-electron chi connectivity index (χ4n) is 2.09. The molecule has 0 aromatic rings. The van der Waals surface area contributed by atoms with Gasteiger partial charge in [0.05, 0.1) is 11.7 Å². The quantitative estimate of drug-likeness (QED) is 0.644. The third-order valence-electron chi connectivity index (χ3n) is 3.29. The van der Waals surface area contributed by atoms with Crippen molar-refractivity contribution in [3.63, 3.8) is 0 Å². The first-order valence-corrected chi connectivity index (χ1v) is 6.36. The Hall–Kier alpha value is 0.270. The Morgan fingerprint density at radius 1 is 1.31 bits per heavy atom. The predicted octanol–water partition coefficient (Wildman–Crippen LogP) is 1.65. The van der Waals surface area contributed by atoms with Crippen LogP contribution in [0.1, 0.15) is 26.7 Å².